The number of rotatable bonds is 5. The number of pyridine rings is 1. The summed E-state index contributed by atoms with van der Waals surface area (Å²) in [5.41, 5.74) is 0.958. The summed E-state index contributed by atoms with van der Waals surface area (Å²) in [7, 11) is 0. The lowest BCUT2D eigenvalue weighted by Gasteiger charge is -2.12. The van der Waals surface area contributed by atoms with E-state index in [0.717, 1.165) is 5.56 Å². The molecule has 1 aliphatic rings. The summed E-state index contributed by atoms with van der Waals surface area (Å²) < 4.78 is 18.8. The predicted molar refractivity (Wildman–Crippen MR) is 75.6 cm³/mol. The standard InChI is InChI=1S/C15H14ClFN2O/c16-13-7-11(17)1-4-15(13)20-14-5-6-18-8-10(14)9-19-12-2-3-12/h1,4-8,12,19H,2-3,9H2. The van der Waals surface area contributed by atoms with Crippen LogP contribution in [0.15, 0.2) is 36.7 Å². The summed E-state index contributed by atoms with van der Waals surface area (Å²) in [4.78, 5) is 4.11. The van der Waals surface area contributed by atoms with Crippen LogP contribution in [-0.2, 0) is 6.54 Å². The highest BCUT2D eigenvalue weighted by atomic mass is 35.5. The number of hydrogen-bond acceptors (Lipinski definition) is 3. The Hall–Kier alpha value is -1.65. The molecule has 0 radical (unpaired) electrons. The van der Waals surface area contributed by atoms with E-state index in [1.807, 2.05) is 0 Å². The molecule has 0 spiro atoms. The van der Waals surface area contributed by atoms with Gasteiger partial charge in [0.15, 0.2) is 0 Å². The Labute approximate surface area is 121 Å². The van der Waals surface area contributed by atoms with Crippen LogP contribution in [0, 0.1) is 5.82 Å². The number of halogens is 2. The molecule has 1 aliphatic carbocycles. The van der Waals surface area contributed by atoms with E-state index in [9.17, 15) is 4.39 Å². The first-order valence-corrected chi connectivity index (χ1v) is 6.89. The van der Waals surface area contributed by atoms with Gasteiger partial charge in [0.2, 0.25) is 0 Å². The summed E-state index contributed by atoms with van der Waals surface area (Å²) in [6.45, 7) is 0.701. The van der Waals surface area contributed by atoms with Crippen LogP contribution >= 0.6 is 11.6 Å². The molecule has 1 aromatic carbocycles. The molecular weight excluding hydrogens is 279 g/mol. The lowest BCUT2D eigenvalue weighted by molar-refractivity contribution is 0.470. The van der Waals surface area contributed by atoms with Gasteiger partial charge in [0.1, 0.15) is 17.3 Å². The fourth-order valence-electron chi connectivity index (χ4n) is 1.86. The molecule has 1 N–H and O–H groups in total. The van der Waals surface area contributed by atoms with Gasteiger partial charge in [-0.25, -0.2) is 4.39 Å². The molecule has 1 saturated carbocycles. The number of ether oxygens (including phenoxy) is 1. The second kappa shape index (κ2) is 5.77. The monoisotopic (exact) mass is 292 g/mol. The molecule has 1 aromatic heterocycles. The van der Waals surface area contributed by atoms with Crippen molar-refractivity contribution in [2.24, 2.45) is 0 Å². The van der Waals surface area contributed by atoms with Crippen molar-refractivity contribution in [1.29, 1.82) is 0 Å². The summed E-state index contributed by atoms with van der Waals surface area (Å²) in [6, 6.07) is 6.47. The highest BCUT2D eigenvalue weighted by molar-refractivity contribution is 6.32. The zero-order valence-corrected chi connectivity index (χ0v) is 11.5. The molecule has 0 atom stereocenters. The van der Waals surface area contributed by atoms with Crippen molar-refractivity contribution in [2.45, 2.75) is 25.4 Å². The van der Waals surface area contributed by atoms with Gasteiger partial charge in [-0.15, -0.1) is 0 Å². The molecule has 0 bridgehead atoms. The van der Waals surface area contributed by atoms with Gasteiger partial charge in [-0.3, -0.25) is 4.98 Å². The fraction of sp³-hybridized carbons (Fsp3) is 0.267. The van der Waals surface area contributed by atoms with Crippen molar-refractivity contribution in [1.82, 2.24) is 10.3 Å². The van der Waals surface area contributed by atoms with Crippen molar-refractivity contribution in [2.75, 3.05) is 0 Å². The summed E-state index contributed by atoms with van der Waals surface area (Å²) in [6.07, 6.45) is 5.87. The molecule has 1 heterocycles. The Morgan fingerprint density at radius 2 is 2.15 bits per heavy atom. The lowest BCUT2D eigenvalue weighted by Crippen LogP contribution is -2.15. The van der Waals surface area contributed by atoms with Crippen molar-refractivity contribution < 1.29 is 9.13 Å². The Morgan fingerprint density at radius 1 is 1.30 bits per heavy atom. The van der Waals surface area contributed by atoms with Crippen LogP contribution in [0.5, 0.6) is 11.5 Å². The van der Waals surface area contributed by atoms with Gasteiger partial charge < -0.3 is 10.1 Å². The minimum absolute atomic E-state index is 0.253. The van der Waals surface area contributed by atoms with E-state index < -0.39 is 0 Å². The molecule has 0 saturated heterocycles. The topological polar surface area (TPSA) is 34.1 Å². The van der Waals surface area contributed by atoms with E-state index in [4.69, 9.17) is 16.3 Å². The summed E-state index contributed by atoms with van der Waals surface area (Å²) in [5.74, 6) is 0.737. The normalized spacial score (nSPS) is 14.3. The maximum Gasteiger partial charge on any atom is 0.146 e. The molecule has 3 nitrogen and oxygen atoms in total. The Morgan fingerprint density at radius 3 is 2.90 bits per heavy atom. The molecule has 0 aliphatic heterocycles. The second-order valence-corrected chi connectivity index (χ2v) is 5.22. The van der Waals surface area contributed by atoms with Gasteiger partial charge in [-0.1, -0.05) is 11.6 Å². The van der Waals surface area contributed by atoms with Gasteiger partial charge in [0, 0.05) is 30.5 Å². The molecule has 20 heavy (non-hydrogen) atoms. The smallest absolute Gasteiger partial charge is 0.146 e. The molecule has 1 fully saturated rings. The molecule has 2 aromatic rings. The molecular formula is C15H14ClFN2O. The Balaban J connectivity index is 1.78. The van der Waals surface area contributed by atoms with Crippen molar-refractivity contribution in [3.8, 4) is 11.5 Å². The molecule has 3 rings (SSSR count). The molecule has 104 valence electrons. The lowest BCUT2D eigenvalue weighted by atomic mass is 10.2. The quantitative estimate of drug-likeness (QED) is 0.907. The van der Waals surface area contributed by atoms with Crippen molar-refractivity contribution >= 4 is 11.6 Å². The number of nitrogens with zero attached hydrogens (tertiary/aromatic N) is 1. The van der Waals surface area contributed by atoms with Crippen LogP contribution < -0.4 is 10.1 Å². The number of hydrogen-bond donors (Lipinski definition) is 1. The van der Waals surface area contributed by atoms with Crippen LogP contribution in [0.25, 0.3) is 0 Å². The van der Waals surface area contributed by atoms with Crippen molar-refractivity contribution in [3.63, 3.8) is 0 Å². The van der Waals surface area contributed by atoms with Crippen LogP contribution in [0.1, 0.15) is 18.4 Å². The zero-order valence-electron chi connectivity index (χ0n) is 10.8. The average molecular weight is 293 g/mol. The summed E-state index contributed by atoms with van der Waals surface area (Å²) in [5, 5.41) is 3.66. The Bertz CT molecular complexity index is 617. The largest absolute Gasteiger partial charge is 0.455 e. The van der Waals surface area contributed by atoms with Gasteiger partial charge in [0.25, 0.3) is 0 Å². The minimum atomic E-state index is -0.382. The third-order valence-corrected chi connectivity index (χ3v) is 3.43. The minimum Gasteiger partial charge on any atom is -0.455 e. The van der Waals surface area contributed by atoms with E-state index in [1.54, 1.807) is 18.5 Å². The van der Waals surface area contributed by atoms with Crippen LogP contribution in [0.3, 0.4) is 0 Å². The first-order valence-electron chi connectivity index (χ1n) is 6.51. The first kappa shape index (κ1) is 13.3. The SMILES string of the molecule is Fc1ccc(Oc2ccncc2CNC2CC2)c(Cl)c1. The second-order valence-electron chi connectivity index (χ2n) is 4.82. The maximum atomic E-state index is 13.0. The fourth-order valence-corrected chi connectivity index (χ4v) is 2.07. The molecule has 5 heteroatoms. The van der Waals surface area contributed by atoms with E-state index in [0.29, 0.717) is 24.1 Å². The van der Waals surface area contributed by atoms with E-state index in [-0.39, 0.29) is 10.8 Å². The van der Waals surface area contributed by atoms with E-state index in [2.05, 4.69) is 10.3 Å². The van der Waals surface area contributed by atoms with E-state index >= 15 is 0 Å². The number of nitrogens with one attached hydrogen (secondary N) is 1. The molecule has 0 amide bonds. The van der Waals surface area contributed by atoms with E-state index in [1.165, 1.54) is 31.0 Å². The highest BCUT2D eigenvalue weighted by Gasteiger charge is 2.20. The van der Waals surface area contributed by atoms with Crippen LogP contribution in [0.2, 0.25) is 5.02 Å². The van der Waals surface area contributed by atoms with Crippen LogP contribution in [-0.4, -0.2) is 11.0 Å². The predicted octanol–water partition coefficient (Wildman–Crippen LogP) is 3.92. The maximum absolute atomic E-state index is 13.0. The molecule has 0 unspecified atom stereocenters. The highest BCUT2D eigenvalue weighted by Crippen LogP contribution is 2.31. The van der Waals surface area contributed by atoms with Gasteiger partial charge in [-0.05, 0) is 37.1 Å². The van der Waals surface area contributed by atoms with Gasteiger partial charge in [0.05, 0.1) is 5.02 Å². The third-order valence-electron chi connectivity index (χ3n) is 3.13. The van der Waals surface area contributed by atoms with Gasteiger partial charge in [-0.2, -0.15) is 0 Å². The third kappa shape index (κ3) is 3.26. The summed E-state index contributed by atoms with van der Waals surface area (Å²) >= 11 is 5.97. The zero-order chi connectivity index (χ0) is 13.9. The van der Waals surface area contributed by atoms with Crippen LogP contribution in [0.4, 0.5) is 4.39 Å². The van der Waals surface area contributed by atoms with Crippen molar-refractivity contribution in [3.05, 3.63) is 53.1 Å². The number of benzene rings is 1. The first-order chi connectivity index (χ1) is 9.72. The van der Waals surface area contributed by atoms with Gasteiger partial charge >= 0.3 is 0 Å². The average Bonchev–Trinajstić information content (AvgIpc) is 3.25. The Kier molecular flexibility index (Phi) is 3.85. The number of aromatic nitrogens is 1.